The van der Waals surface area contributed by atoms with Crippen LogP contribution < -0.4 is 32.3 Å². The van der Waals surface area contributed by atoms with Crippen LogP contribution >= 0.6 is 11.8 Å². The van der Waals surface area contributed by atoms with Crippen molar-refractivity contribution in [3.63, 3.8) is 0 Å². The molecular weight excluding hydrogens is 853 g/mol. The summed E-state index contributed by atoms with van der Waals surface area (Å²) in [5.41, 5.74) is 6.78. The second-order valence-electron chi connectivity index (χ2n) is 16.9. The van der Waals surface area contributed by atoms with Crippen LogP contribution in [0.5, 0.6) is 0 Å². The van der Waals surface area contributed by atoms with Crippen LogP contribution in [0, 0.1) is 23.7 Å². The first-order chi connectivity index (χ1) is 30.3. The van der Waals surface area contributed by atoms with Gasteiger partial charge in [0.25, 0.3) is 0 Å². The predicted molar refractivity (Wildman–Crippen MR) is 231 cm³/mol. The van der Waals surface area contributed by atoms with E-state index in [-0.39, 0.29) is 25.1 Å². The largest absolute Gasteiger partial charge is 0.462 e. The second-order valence-corrected chi connectivity index (χ2v) is 18.0. The van der Waals surface area contributed by atoms with Crippen LogP contribution in [0.3, 0.4) is 0 Å². The van der Waals surface area contributed by atoms with Gasteiger partial charge in [-0.2, -0.15) is 0 Å². The summed E-state index contributed by atoms with van der Waals surface area (Å²) in [6.07, 6.45) is -3.92. The molecular formula is C43H58N8O12S. The van der Waals surface area contributed by atoms with Crippen molar-refractivity contribution >= 4 is 81.6 Å². The number of thioether (sulfide) groups is 1. The first kappa shape index (κ1) is 49.2. The standard InChI is InChI=1S/C43H58N8O12S/c1-6-20(2)37-41(61)46-16-35(57)47-30-19-64-42-28(27-9-7-8-10-29(27)48-42)11-24(39(59)45-17-36(58)49-37)12-33(55)38(21(3)22(4)63-23(5)52)50-40(60)31-15-26(53)18-51(31)43(62)25(13-32(30)54)14-34(44)56/h7-10,20-22,24-26,30-31,37-38,48,53H,6,11-19H2,1-5H3,(H2,44,56)(H,45,59)(H,46,61)(H,47,57)(H,49,58)(H,50,60)/t20-,21-,22-,24?,25-,26?,30?,31-,37-,38-/m0/s1. The van der Waals surface area contributed by atoms with Crippen LogP contribution in [0.25, 0.3) is 10.9 Å². The first-order valence-electron chi connectivity index (χ1n) is 21.4. The van der Waals surface area contributed by atoms with Crippen LogP contribution in [-0.4, -0.2) is 136 Å². The molecule has 3 aliphatic heterocycles. The van der Waals surface area contributed by atoms with E-state index in [4.69, 9.17) is 10.5 Å². The summed E-state index contributed by atoms with van der Waals surface area (Å²) in [4.78, 5) is 141. The maximum absolute atomic E-state index is 14.7. The third-order valence-corrected chi connectivity index (χ3v) is 13.3. The van der Waals surface area contributed by atoms with Crippen molar-refractivity contribution in [1.82, 2.24) is 36.5 Å². The Balaban J connectivity index is 1.69. The normalized spacial score (nSPS) is 27.5. The molecule has 348 valence electrons. The minimum absolute atomic E-state index is 0.110. The van der Waals surface area contributed by atoms with Crippen molar-refractivity contribution in [2.24, 2.45) is 29.4 Å². The maximum Gasteiger partial charge on any atom is 0.302 e. The molecule has 3 aliphatic rings. The second kappa shape index (κ2) is 21.7. The Morgan fingerprint density at radius 1 is 0.875 bits per heavy atom. The van der Waals surface area contributed by atoms with Gasteiger partial charge in [0, 0.05) is 67.6 Å². The van der Waals surface area contributed by atoms with E-state index in [9.17, 15) is 53.1 Å². The highest BCUT2D eigenvalue weighted by molar-refractivity contribution is 7.99. The maximum atomic E-state index is 14.7. The van der Waals surface area contributed by atoms with E-state index in [1.165, 1.54) is 13.8 Å². The highest BCUT2D eigenvalue weighted by Gasteiger charge is 2.45. The molecule has 21 heteroatoms. The van der Waals surface area contributed by atoms with Crippen LogP contribution in [-0.2, 0) is 59.1 Å². The lowest BCUT2D eigenvalue weighted by atomic mass is 9.85. The molecule has 1 aromatic heterocycles. The third-order valence-electron chi connectivity index (χ3n) is 12.2. The monoisotopic (exact) mass is 910 g/mol. The van der Waals surface area contributed by atoms with Crippen molar-refractivity contribution < 1.29 is 57.8 Å². The number of hydrogen-bond acceptors (Lipinski definition) is 13. The zero-order valence-electron chi connectivity index (χ0n) is 36.5. The molecule has 10 atom stereocenters. The number of aromatic amines is 1. The number of carbonyl (C=O) groups excluding carboxylic acids is 10. The number of carbonyl (C=O) groups is 10. The molecule has 4 heterocycles. The molecule has 3 unspecified atom stereocenters. The number of aliphatic hydroxyl groups excluding tert-OH is 1. The number of aromatic nitrogens is 1. The number of ether oxygens (including phenoxy) is 1. The van der Waals surface area contributed by atoms with Gasteiger partial charge in [0.1, 0.15) is 18.2 Å². The van der Waals surface area contributed by atoms with E-state index >= 15 is 0 Å². The topological polar surface area (TPSA) is 305 Å². The molecule has 9 N–H and O–H groups in total. The number of aliphatic hydroxyl groups is 1. The molecule has 1 aromatic carbocycles. The predicted octanol–water partition coefficient (Wildman–Crippen LogP) is -0.862. The lowest BCUT2D eigenvalue weighted by Crippen LogP contribution is -2.56. The number of rotatable bonds is 7. The summed E-state index contributed by atoms with van der Waals surface area (Å²) >= 11 is 1.11. The molecule has 2 aromatic rings. The van der Waals surface area contributed by atoms with Gasteiger partial charge in [0.05, 0.1) is 42.2 Å². The molecule has 0 spiro atoms. The van der Waals surface area contributed by atoms with Crippen LogP contribution in [0.4, 0.5) is 0 Å². The van der Waals surface area contributed by atoms with Crippen LogP contribution in [0.1, 0.15) is 72.3 Å². The molecule has 64 heavy (non-hydrogen) atoms. The van der Waals surface area contributed by atoms with Crippen molar-refractivity contribution in [1.29, 1.82) is 0 Å². The molecule has 0 radical (unpaired) electrons. The Labute approximate surface area is 374 Å². The molecule has 0 saturated carbocycles. The quantitative estimate of drug-likeness (QED) is 0.157. The Bertz CT molecular complexity index is 2160. The van der Waals surface area contributed by atoms with E-state index in [1.54, 1.807) is 45.0 Å². The average Bonchev–Trinajstić information content (AvgIpc) is 3.81. The van der Waals surface area contributed by atoms with E-state index in [2.05, 4.69) is 31.6 Å². The SMILES string of the molecule is CC[C@H](C)[C@@H]1NC(=O)CNC(=O)C2CC(=O)[C@H]([C@@H](C)[C@H](C)OC(C)=O)NC(=O)[C@@H]3CC(O)CN3C(=O)[C@H](CC(N)=O)CC(=O)C(CSc3[nH]c4ccccc4c3C2)NC(=O)CNC1=O. The number of benzene rings is 1. The Hall–Kier alpha value is -5.83. The molecule has 2 bridgehead atoms. The van der Waals surface area contributed by atoms with Gasteiger partial charge in [0.2, 0.25) is 41.4 Å². The smallest absolute Gasteiger partial charge is 0.302 e. The summed E-state index contributed by atoms with van der Waals surface area (Å²) in [5.74, 6) is -11.8. The average molecular weight is 911 g/mol. The molecule has 0 aliphatic carbocycles. The minimum atomic E-state index is -1.44. The number of nitrogens with one attached hydrogen (secondary N) is 6. The van der Waals surface area contributed by atoms with Gasteiger partial charge in [-0.15, -0.1) is 11.8 Å². The van der Waals surface area contributed by atoms with Gasteiger partial charge in [-0.3, -0.25) is 47.9 Å². The van der Waals surface area contributed by atoms with Gasteiger partial charge in [-0.05, 0) is 30.9 Å². The van der Waals surface area contributed by atoms with Gasteiger partial charge >= 0.3 is 5.97 Å². The Kier molecular flexibility index (Phi) is 16.7. The number of hydrogen-bond donors (Lipinski definition) is 8. The van der Waals surface area contributed by atoms with E-state index in [1.807, 2.05) is 0 Å². The first-order valence-corrected chi connectivity index (χ1v) is 22.4. The van der Waals surface area contributed by atoms with Crippen LogP contribution in [0.15, 0.2) is 29.3 Å². The van der Waals surface area contributed by atoms with Crippen molar-refractivity contribution in [3.05, 3.63) is 29.8 Å². The number of ketones is 2. The zero-order chi connectivity index (χ0) is 47.0. The Morgan fingerprint density at radius 2 is 1.55 bits per heavy atom. The molecule has 5 rings (SSSR count). The molecule has 1 fully saturated rings. The summed E-state index contributed by atoms with van der Waals surface area (Å²) in [6.45, 7) is 6.21. The number of fused-ring (bicyclic) bond motifs is 5. The summed E-state index contributed by atoms with van der Waals surface area (Å²) in [5, 5.41) is 25.0. The number of amides is 7. The van der Waals surface area contributed by atoms with Gasteiger partial charge in [-0.1, -0.05) is 45.4 Å². The highest BCUT2D eigenvalue weighted by atomic mass is 32.2. The highest BCUT2D eigenvalue weighted by Crippen LogP contribution is 2.34. The number of esters is 1. The lowest BCUT2D eigenvalue weighted by molar-refractivity contribution is -0.150. The fraction of sp³-hybridized carbons (Fsp3) is 0.581. The fourth-order valence-corrected chi connectivity index (χ4v) is 9.48. The van der Waals surface area contributed by atoms with Gasteiger partial charge in [0.15, 0.2) is 11.6 Å². The number of nitrogens with zero attached hydrogens (tertiary/aromatic N) is 1. The number of Topliss-reactive ketones (excluding diaryl/α,β-unsaturated/α-hetero) is 2. The molecule has 20 nitrogen and oxygen atoms in total. The van der Waals surface area contributed by atoms with Crippen molar-refractivity contribution in [2.75, 3.05) is 25.4 Å². The van der Waals surface area contributed by atoms with Crippen molar-refractivity contribution in [2.45, 2.75) is 115 Å². The van der Waals surface area contributed by atoms with Crippen molar-refractivity contribution in [3.8, 4) is 0 Å². The molecule has 7 amide bonds. The summed E-state index contributed by atoms with van der Waals surface area (Å²) in [7, 11) is 0. The number of para-hydroxylation sites is 1. The number of nitrogens with two attached hydrogens (primary N) is 1. The van der Waals surface area contributed by atoms with E-state index in [0.29, 0.717) is 27.9 Å². The summed E-state index contributed by atoms with van der Waals surface area (Å²) in [6, 6.07) is 1.82. The lowest BCUT2D eigenvalue weighted by Gasteiger charge is -2.32. The van der Waals surface area contributed by atoms with Gasteiger partial charge in [-0.25, -0.2) is 0 Å². The number of H-pyrrole nitrogens is 1. The molecule has 1 saturated heterocycles. The van der Waals surface area contributed by atoms with E-state index in [0.717, 1.165) is 16.7 Å². The third kappa shape index (κ3) is 12.2. The number of primary amides is 1. The van der Waals surface area contributed by atoms with Gasteiger partial charge < -0.3 is 52.0 Å². The zero-order valence-corrected chi connectivity index (χ0v) is 37.3. The van der Waals surface area contributed by atoms with Crippen LogP contribution in [0.2, 0.25) is 0 Å². The minimum Gasteiger partial charge on any atom is -0.462 e. The Morgan fingerprint density at radius 3 is 2.22 bits per heavy atom. The summed E-state index contributed by atoms with van der Waals surface area (Å²) < 4.78 is 5.42. The van der Waals surface area contributed by atoms with E-state index < -0.39 is 151 Å². The fourth-order valence-electron chi connectivity index (χ4n) is 8.33.